The van der Waals surface area contributed by atoms with Gasteiger partial charge in [0.2, 0.25) is 5.91 Å². The topological polar surface area (TPSA) is 84.1 Å². The van der Waals surface area contributed by atoms with E-state index in [0.29, 0.717) is 48.9 Å². The number of carbonyl (C=O) groups is 1. The standard InChI is InChI=1S/C22H23Cl2N5O2/c23-19-5-1-16(2-6-19)17(14-29-15-25-26-27-29)13-21(30)28-11-9-22(31,10-12-28)18-3-7-20(24)8-4-18/h1-8,15,17,31H,9-14H2. The van der Waals surface area contributed by atoms with Crippen molar-refractivity contribution in [2.45, 2.75) is 37.3 Å². The van der Waals surface area contributed by atoms with E-state index in [-0.39, 0.29) is 11.8 Å². The van der Waals surface area contributed by atoms with E-state index >= 15 is 0 Å². The second-order valence-corrected chi connectivity index (χ2v) is 8.78. The third-order valence-corrected chi connectivity index (χ3v) is 6.39. The van der Waals surface area contributed by atoms with Gasteiger partial charge in [-0.2, -0.15) is 0 Å². The van der Waals surface area contributed by atoms with Crippen molar-refractivity contribution < 1.29 is 9.90 Å². The lowest BCUT2D eigenvalue weighted by atomic mass is 9.84. The molecular formula is C22H23Cl2N5O2. The molecule has 1 N–H and O–H groups in total. The summed E-state index contributed by atoms with van der Waals surface area (Å²) in [6.45, 7) is 1.48. The van der Waals surface area contributed by atoms with Crippen molar-refractivity contribution in [1.29, 1.82) is 0 Å². The Balaban J connectivity index is 1.43. The molecule has 1 fully saturated rings. The summed E-state index contributed by atoms with van der Waals surface area (Å²) in [7, 11) is 0. The molecule has 9 heteroatoms. The van der Waals surface area contributed by atoms with Crippen LogP contribution in [0.4, 0.5) is 0 Å². The fourth-order valence-corrected chi connectivity index (χ4v) is 4.28. The maximum atomic E-state index is 13.1. The molecule has 1 saturated heterocycles. The van der Waals surface area contributed by atoms with E-state index in [1.165, 1.54) is 0 Å². The molecule has 4 rings (SSSR count). The molecule has 7 nitrogen and oxygen atoms in total. The second-order valence-electron chi connectivity index (χ2n) is 7.90. The van der Waals surface area contributed by atoms with Crippen LogP contribution in [0, 0.1) is 0 Å². The number of likely N-dealkylation sites (tertiary alicyclic amines) is 1. The summed E-state index contributed by atoms with van der Waals surface area (Å²) in [6.07, 6.45) is 2.83. The van der Waals surface area contributed by atoms with Crippen LogP contribution in [0.5, 0.6) is 0 Å². The van der Waals surface area contributed by atoms with Gasteiger partial charge in [-0.25, -0.2) is 4.68 Å². The molecule has 31 heavy (non-hydrogen) atoms. The number of amides is 1. The fourth-order valence-electron chi connectivity index (χ4n) is 4.03. The van der Waals surface area contributed by atoms with E-state index in [1.807, 2.05) is 41.3 Å². The molecule has 1 aliphatic heterocycles. The molecule has 0 radical (unpaired) electrons. The van der Waals surface area contributed by atoms with Gasteiger partial charge in [0.05, 0.1) is 12.1 Å². The summed E-state index contributed by atoms with van der Waals surface area (Å²) in [6, 6.07) is 14.8. The highest BCUT2D eigenvalue weighted by atomic mass is 35.5. The number of hydrogen-bond acceptors (Lipinski definition) is 5. The Bertz CT molecular complexity index is 1000. The first-order valence-electron chi connectivity index (χ1n) is 10.2. The fraction of sp³-hybridized carbons (Fsp3) is 0.364. The number of benzene rings is 2. The maximum Gasteiger partial charge on any atom is 0.223 e. The average Bonchev–Trinajstić information content (AvgIpc) is 3.28. The quantitative estimate of drug-likeness (QED) is 0.607. The minimum Gasteiger partial charge on any atom is -0.385 e. The van der Waals surface area contributed by atoms with Crippen molar-refractivity contribution in [3.63, 3.8) is 0 Å². The van der Waals surface area contributed by atoms with Gasteiger partial charge in [0.25, 0.3) is 0 Å². The highest BCUT2D eigenvalue weighted by Crippen LogP contribution is 2.34. The Kier molecular flexibility index (Phi) is 6.55. The second kappa shape index (κ2) is 9.34. The lowest BCUT2D eigenvalue weighted by molar-refractivity contribution is -0.136. The van der Waals surface area contributed by atoms with E-state index < -0.39 is 5.60 Å². The normalized spacial score (nSPS) is 16.8. The van der Waals surface area contributed by atoms with Gasteiger partial charge in [-0.1, -0.05) is 47.5 Å². The zero-order valence-electron chi connectivity index (χ0n) is 16.9. The van der Waals surface area contributed by atoms with Crippen LogP contribution in [0.1, 0.15) is 36.3 Å². The van der Waals surface area contributed by atoms with Crippen molar-refractivity contribution >= 4 is 29.1 Å². The van der Waals surface area contributed by atoms with Crippen molar-refractivity contribution in [3.05, 3.63) is 76.0 Å². The first-order chi connectivity index (χ1) is 14.9. The first-order valence-corrected chi connectivity index (χ1v) is 10.9. The molecule has 2 aromatic carbocycles. The van der Waals surface area contributed by atoms with Crippen LogP contribution in [0.2, 0.25) is 10.0 Å². The Morgan fingerprint density at radius 2 is 1.65 bits per heavy atom. The Morgan fingerprint density at radius 3 is 2.23 bits per heavy atom. The van der Waals surface area contributed by atoms with E-state index in [0.717, 1.165) is 11.1 Å². The van der Waals surface area contributed by atoms with Crippen LogP contribution < -0.4 is 0 Å². The number of aromatic nitrogens is 4. The van der Waals surface area contributed by atoms with E-state index in [9.17, 15) is 9.90 Å². The molecule has 1 atom stereocenters. The molecular weight excluding hydrogens is 437 g/mol. The SMILES string of the molecule is O=C(CC(Cn1cnnn1)c1ccc(Cl)cc1)N1CCC(O)(c2ccc(Cl)cc2)CC1. The molecule has 0 saturated carbocycles. The van der Waals surface area contributed by atoms with Crippen LogP contribution in [0.25, 0.3) is 0 Å². The molecule has 1 amide bonds. The van der Waals surface area contributed by atoms with Crippen LogP contribution in [0.3, 0.4) is 0 Å². The molecule has 0 bridgehead atoms. The smallest absolute Gasteiger partial charge is 0.223 e. The number of halogens is 2. The molecule has 0 aliphatic carbocycles. The van der Waals surface area contributed by atoms with Crippen LogP contribution in [-0.4, -0.2) is 49.2 Å². The molecule has 2 heterocycles. The van der Waals surface area contributed by atoms with Gasteiger partial charge in [-0.05, 0) is 58.7 Å². The predicted molar refractivity (Wildman–Crippen MR) is 118 cm³/mol. The Hall–Kier alpha value is -2.48. The van der Waals surface area contributed by atoms with Gasteiger partial charge >= 0.3 is 0 Å². The number of rotatable bonds is 6. The molecule has 1 unspecified atom stereocenters. The van der Waals surface area contributed by atoms with Gasteiger partial charge in [0.15, 0.2) is 0 Å². The minimum absolute atomic E-state index is 0.0474. The number of piperidine rings is 1. The van der Waals surface area contributed by atoms with Crippen molar-refractivity contribution in [2.75, 3.05) is 13.1 Å². The third-order valence-electron chi connectivity index (χ3n) is 5.89. The summed E-state index contributed by atoms with van der Waals surface area (Å²) in [5, 5.41) is 23.7. The molecule has 1 aliphatic rings. The number of carbonyl (C=O) groups excluding carboxylic acids is 1. The first kappa shape index (κ1) is 21.7. The molecule has 0 spiro atoms. The third kappa shape index (κ3) is 5.23. The van der Waals surface area contributed by atoms with Gasteiger partial charge in [-0.15, -0.1) is 5.10 Å². The van der Waals surface area contributed by atoms with Crippen LogP contribution in [-0.2, 0) is 16.9 Å². The summed E-state index contributed by atoms with van der Waals surface area (Å²) in [5.41, 5.74) is 0.897. The van der Waals surface area contributed by atoms with Gasteiger partial charge in [0.1, 0.15) is 6.33 Å². The molecule has 3 aromatic rings. The molecule has 162 valence electrons. The highest BCUT2D eigenvalue weighted by molar-refractivity contribution is 6.30. The van der Waals surface area contributed by atoms with E-state index in [4.69, 9.17) is 23.2 Å². The zero-order valence-corrected chi connectivity index (χ0v) is 18.4. The molecule has 1 aromatic heterocycles. The van der Waals surface area contributed by atoms with Gasteiger partial charge in [-0.3, -0.25) is 4.79 Å². The van der Waals surface area contributed by atoms with Crippen LogP contribution in [0.15, 0.2) is 54.9 Å². The largest absolute Gasteiger partial charge is 0.385 e. The predicted octanol–water partition coefficient (Wildman–Crippen LogP) is 3.66. The van der Waals surface area contributed by atoms with Gasteiger partial charge < -0.3 is 10.0 Å². The Labute approximate surface area is 190 Å². The van der Waals surface area contributed by atoms with Crippen molar-refractivity contribution in [2.24, 2.45) is 0 Å². The summed E-state index contributed by atoms with van der Waals surface area (Å²) >= 11 is 12.0. The highest BCUT2D eigenvalue weighted by Gasteiger charge is 2.35. The Morgan fingerprint density at radius 1 is 1.03 bits per heavy atom. The number of hydrogen-bond donors (Lipinski definition) is 1. The lowest BCUT2D eigenvalue weighted by Gasteiger charge is -2.39. The van der Waals surface area contributed by atoms with E-state index in [1.54, 1.807) is 23.1 Å². The zero-order chi connectivity index (χ0) is 21.8. The number of aliphatic hydroxyl groups is 1. The summed E-state index contributed by atoms with van der Waals surface area (Å²) in [4.78, 5) is 14.9. The minimum atomic E-state index is -0.941. The van der Waals surface area contributed by atoms with Crippen molar-refractivity contribution in [3.8, 4) is 0 Å². The van der Waals surface area contributed by atoms with Crippen LogP contribution >= 0.6 is 23.2 Å². The monoisotopic (exact) mass is 459 g/mol. The number of nitrogens with zero attached hydrogens (tertiary/aromatic N) is 5. The summed E-state index contributed by atoms with van der Waals surface area (Å²) < 4.78 is 1.63. The lowest BCUT2D eigenvalue weighted by Crippen LogP contribution is -2.45. The number of tetrazole rings is 1. The van der Waals surface area contributed by atoms with E-state index in [2.05, 4.69) is 15.5 Å². The van der Waals surface area contributed by atoms with Gasteiger partial charge in [0, 0.05) is 35.5 Å². The van der Waals surface area contributed by atoms with Crippen molar-refractivity contribution in [1.82, 2.24) is 25.1 Å². The average molecular weight is 460 g/mol. The maximum absolute atomic E-state index is 13.1. The summed E-state index contributed by atoms with van der Waals surface area (Å²) in [5.74, 6) is -0.0449.